The summed E-state index contributed by atoms with van der Waals surface area (Å²) in [5.41, 5.74) is 2.74. The van der Waals surface area contributed by atoms with Crippen LogP contribution in [0.5, 0.6) is 0 Å². The molecule has 1 spiro atoms. The van der Waals surface area contributed by atoms with Crippen molar-refractivity contribution in [2.24, 2.45) is 10.4 Å². The average molecular weight is 512 g/mol. The van der Waals surface area contributed by atoms with Crippen molar-refractivity contribution in [3.05, 3.63) is 35.4 Å². The molecule has 3 heterocycles. The third-order valence-corrected chi connectivity index (χ3v) is 6.31. The molecule has 3 saturated heterocycles. The summed E-state index contributed by atoms with van der Waals surface area (Å²) in [4.78, 5) is 21.3. The van der Waals surface area contributed by atoms with Gasteiger partial charge in [-0.1, -0.05) is 24.3 Å². The fourth-order valence-corrected chi connectivity index (χ4v) is 4.62. The van der Waals surface area contributed by atoms with Crippen molar-refractivity contribution in [3.8, 4) is 0 Å². The van der Waals surface area contributed by atoms with E-state index in [0.717, 1.165) is 58.2 Å². The first-order chi connectivity index (χ1) is 13.7. The molecule has 3 aliphatic rings. The average Bonchev–Trinajstić information content (AvgIpc) is 3.44. The van der Waals surface area contributed by atoms with E-state index in [4.69, 9.17) is 9.73 Å². The van der Waals surface area contributed by atoms with Gasteiger partial charge in [0.25, 0.3) is 0 Å². The van der Waals surface area contributed by atoms with Gasteiger partial charge in [-0.25, -0.2) is 4.99 Å². The zero-order valence-electron chi connectivity index (χ0n) is 17.4. The van der Waals surface area contributed by atoms with Gasteiger partial charge in [0.2, 0.25) is 5.91 Å². The summed E-state index contributed by atoms with van der Waals surface area (Å²) in [5.74, 6) is 1.27. The number of guanidine groups is 1. The molecule has 0 radical (unpaired) electrons. The maximum atomic E-state index is 12.0. The molecular weight excluding hydrogens is 479 g/mol. The third-order valence-electron chi connectivity index (χ3n) is 6.31. The minimum atomic E-state index is 0. The monoisotopic (exact) mass is 512 g/mol. The van der Waals surface area contributed by atoms with Gasteiger partial charge in [-0.15, -0.1) is 24.0 Å². The SMILES string of the molecule is CCNC(=NCc1ccccc1CN1CCCC1=O)N1CCC2(CCOC2)C1.I. The van der Waals surface area contributed by atoms with Crippen LogP contribution >= 0.6 is 24.0 Å². The molecule has 0 aromatic heterocycles. The highest BCUT2D eigenvalue weighted by atomic mass is 127. The number of hydrogen-bond donors (Lipinski definition) is 1. The first-order valence-electron chi connectivity index (χ1n) is 10.6. The van der Waals surface area contributed by atoms with Crippen LogP contribution in [0.1, 0.15) is 43.7 Å². The number of nitrogens with one attached hydrogen (secondary N) is 1. The molecule has 0 aliphatic carbocycles. The lowest BCUT2D eigenvalue weighted by Crippen LogP contribution is -2.41. The van der Waals surface area contributed by atoms with Crippen molar-refractivity contribution in [1.29, 1.82) is 0 Å². The van der Waals surface area contributed by atoms with Gasteiger partial charge in [0.05, 0.1) is 13.2 Å². The van der Waals surface area contributed by atoms with Crippen LogP contribution in [0.15, 0.2) is 29.3 Å². The Balaban J connectivity index is 0.00000240. The van der Waals surface area contributed by atoms with Crippen LogP contribution in [0.4, 0.5) is 0 Å². The maximum absolute atomic E-state index is 12.0. The second-order valence-corrected chi connectivity index (χ2v) is 8.33. The molecular formula is C22H33IN4O2. The van der Waals surface area contributed by atoms with Gasteiger partial charge in [-0.3, -0.25) is 4.79 Å². The van der Waals surface area contributed by atoms with E-state index in [1.54, 1.807) is 0 Å². The molecule has 1 aromatic rings. The van der Waals surface area contributed by atoms with Crippen LogP contribution in [0.2, 0.25) is 0 Å². The summed E-state index contributed by atoms with van der Waals surface area (Å²) in [6, 6.07) is 8.38. The van der Waals surface area contributed by atoms with Crippen molar-refractivity contribution in [1.82, 2.24) is 15.1 Å². The highest BCUT2D eigenvalue weighted by molar-refractivity contribution is 14.0. The Bertz CT molecular complexity index is 733. The van der Waals surface area contributed by atoms with Gasteiger partial charge in [0.1, 0.15) is 0 Å². The molecule has 4 rings (SSSR count). The third kappa shape index (κ3) is 5.23. The van der Waals surface area contributed by atoms with E-state index in [1.165, 1.54) is 17.5 Å². The predicted molar refractivity (Wildman–Crippen MR) is 125 cm³/mol. The van der Waals surface area contributed by atoms with Crippen molar-refractivity contribution in [2.75, 3.05) is 39.4 Å². The molecule has 1 N–H and O–H groups in total. The van der Waals surface area contributed by atoms with Crippen LogP contribution in [-0.4, -0.2) is 61.1 Å². The molecule has 0 saturated carbocycles. The molecule has 3 fully saturated rings. The maximum Gasteiger partial charge on any atom is 0.222 e. The summed E-state index contributed by atoms with van der Waals surface area (Å²) in [6.45, 7) is 9.04. The quantitative estimate of drug-likeness (QED) is 0.375. The molecule has 0 bridgehead atoms. The predicted octanol–water partition coefficient (Wildman–Crippen LogP) is 3.00. The van der Waals surface area contributed by atoms with Crippen LogP contribution in [0.25, 0.3) is 0 Å². The van der Waals surface area contributed by atoms with E-state index in [2.05, 4.69) is 41.4 Å². The second kappa shape index (κ2) is 10.1. The van der Waals surface area contributed by atoms with Crippen LogP contribution in [0.3, 0.4) is 0 Å². The fourth-order valence-electron chi connectivity index (χ4n) is 4.62. The highest BCUT2D eigenvalue weighted by Gasteiger charge is 2.42. The molecule has 3 aliphatic heterocycles. The Morgan fingerprint density at radius 1 is 1.24 bits per heavy atom. The number of halogens is 1. The molecule has 7 heteroatoms. The number of hydrogen-bond acceptors (Lipinski definition) is 3. The van der Waals surface area contributed by atoms with E-state index in [-0.39, 0.29) is 29.9 Å². The molecule has 1 unspecified atom stereocenters. The molecule has 160 valence electrons. The summed E-state index contributed by atoms with van der Waals surface area (Å²) in [6.07, 6.45) is 4.01. The molecule has 1 atom stereocenters. The number of nitrogens with zero attached hydrogens (tertiary/aromatic N) is 3. The number of likely N-dealkylation sites (tertiary alicyclic amines) is 2. The van der Waals surface area contributed by atoms with E-state index < -0.39 is 0 Å². The molecule has 1 aromatic carbocycles. The van der Waals surface area contributed by atoms with Gasteiger partial charge in [0.15, 0.2) is 5.96 Å². The minimum Gasteiger partial charge on any atom is -0.381 e. The molecule has 6 nitrogen and oxygen atoms in total. The minimum absolute atomic E-state index is 0. The van der Waals surface area contributed by atoms with Gasteiger partial charge in [-0.2, -0.15) is 0 Å². The van der Waals surface area contributed by atoms with Crippen molar-refractivity contribution in [3.63, 3.8) is 0 Å². The summed E-state index contributed by atoms with van der Waals surface area (Å²) < 4.78 is 5.67. The Hall–Kier alpha value is -1.35. The highest BCUT2D eigenvalue weighted by Crippen LogP contribution is 2.38. The summed E-state index contributed by atoms with van der Waals surface area (Å²) in [7, 11) is 0. The van der Waals surface area contributed by atoms with E-state index in [9.17, 15) is 4.79 Å². The molecule has 1 amide bonds. The summed E-state index contributed by atoms with van der Waals surface area (Å²) in [5, 5.41) is 3.47. The van der Waals surface area contributed by atoms with E-state index in [0.29, 0.717) is 24.9 Å². The number of carbonyl (C=O) groups excluding carboxylic acids is 1. The van der Waals surface area contributed by atoms with Crippen LogP contribution in [-0.2, 0) is 22.6 Å². The standard InChI is InChI=1S/C22H32N4O2.HI/c1-2-23-21(26-12-9-22(16-26)10-13-28-17-22)24-14-18-6-3-4-7-19(18)15-25-11-5-8-20(25)27;/h3-4,6-7H,2,5,8-17H2,1H3,(H,23,24);1H. The topological polar surface area (TPSA) is 57.2 Å². The zero-order valence-corrected chi connectivity index (χ0v) is 19.7. The normalized spacial score (nSPS) is 24.4. The largest absolute Gasteiger partial charge is 0.381 e. The van der Waals surface area contributed by atoms with Crippen molar-refractivity contribution in [2.45, 2.75) is 45.7 Å². The number of carbonyl (C=O) groups is 1. The Morgan fingerprint density at radius 3 is 2.76 bits per heavy atom. The lowest BCUT2D eigenvalue weighted by Gasteiger charge is -2.25. The number of rotatable bonds is 5. The number of amides is 1. The zero-order chi connectivity index (χ0) is 19.4. The van der Waals surface area contributed by atoms with Gasteiger partial charge in [-0.05, 0) is 37.3 Å². The number of benzene rings is 1. The Labute approximate surface area is 191 Å². The van der Waals surface area contributed by atoms with Crippen molar-refractivity contribution >= 4 is 35.8 Å². The van der Waals surface area contributed by atoms with Crippen LogP contribution < -0.4 is 5.32 Å². The Morgan fingerprint density at radius 2 is 2.07 bits per heavy atom. The number of ether oxygens (including phenoxy) is 1. The smallest absolute Gasteiger partial charge is 0.222 e. The first-order valence-corrected chi connectivity index (χ1v) is 10.6. The summed E-state index contributed by atoms with van der Waals surface area (Å²) >= 11 is 0. The number of aliphatic imine (C=N–C) groups is 1. The van der Waals surface area contributed by atoms with E-state index >= 15 is 0 Å². The lowest BCUT2D eigenvalue weighted by atomic mass is 9.87. The Kier molecular flexibility index (Phi) is 7.79. The fraction of sp³-hybridized carbons (Fsp3) is 0.636. The molecule has 29 heavy (non-hydrogen) atoms. The van der Waals surface area contributed by atoms with Crippen LogP contribution in [0, 0.1) is 5.41 Å². The van der Waals surface area contributed by atoms with Gasteiger partial charge in [0, 0.05) is 51.2 Å². The second-order valence-electron chi connectivity index (χ2n) is 8.33. The first kappa shape index (κ1) is 22.3. The van der Waals surface area contributed by atoms with Crippen molar-refractivity contribution < 1.29 is 9.53 Å². The van der Waals surface area contributed by atoms with Gasteiger partial charge < -0.3 is 19.9 Å². The van der Waals surface area contributed by atoms with E-state index in [1.807, 2.05) is 4.90 Å². The lowest BCUT2D eigenvalue weighted by molar-refractivity contribution is -0.128. The van der Waals surface area contributed by atoms with Gasteiger partial charge >= 0.3 is 0 Å².